The van der Waals surface area contributed by atoms with E-state index in [1.807, 2.05) is 18.4 Å². The second-order valence-electron chi connectivity index (χ2n) is 4.82. The smallest absolute Gasteiger partial charge is 0.189 e. The van der Waals surface area contributed by atoms with Gasteiger partial charge in [-0.25, -0.2) is 9.97 Å². The predicted octanol–water partition coefficient (Wildman–Crippen LogP) is 3.82. The highest BCUT2D eigenvalue weighted by Gasteiger charge is 2.23. The minimum absolute atomic E-state index is 0.699. The van der Waals surface area contributed by atoms with Crippen molar-refractivity contribution in [2.75, 3.05) is 11.6 Å². The van der Waals surface area contributed by atoms with Crippen LogP contribution in [0.1, 0.15) is 29.9 Å². The van der Waals surface area contributed by atoms with Crippen molar-refractivity contribution in [2.45, 2.75) is 23.9 Å². The van der Waals surface area contributed by atoms with Gasteiger partial charge in [0.25, 0.3) is 0 Å². The molecule has 102 valence electrons. The zero-order valence-corrected chi connectivity index (χ0v) is 12.1. The molecule has 1 heterocycles. The van der Waals surface area contributed by atoms with Gasteiger partial charge in [0.15, 0.2) is 5.16 Å². The van der Waals surface area contributed by atoms with E-state index in [1.54, 1.807) is 6.20 Å². The molecule has 0 amide bonds. The highest BCUT2D eigenvalue weighted by molar-refractivity contribution is 7.98. The Morgan fingerprint density at radius 2 is 2.20 bits per heavy atom. The van der Waals surface area contributed by atoms with E-state index < -0.39 is 0 Å². The first-order valence-corrected chi connectivity index (χ1v) is 7.81. The quantitative estimate of drug-likeness (QED) is 0.498. The summed E-state index contributed by atoms with van der Waals surface area (Å²) in [5.74, 6) is 1.46. The lowest BCUT2D eigenvalue weighted by Crippen LogP contribution is -1.99. The van der Waals surface area contributed by atoms with E-state index in [0.29, 0.717) is 5.92 Å². The van der Waals surface area contributed by atoms with Crippen molar-refractivity contribution in [3.8, 4) is 0 Å². The van der Waals surface area contributed by atoms with Gasteiger partial charge in [-0.3, -0.25) is 0 Å². The molecule has 3 rings (SSSR count). The molecular weight excluding hydrogens is 268 g/mol. The Hall–Kier alpha value is -1.88. The summed E-state index contributed by atoms with van der Waals surface area (Å²) >= 11 is 1.51. The molecule has 20 heavy (non-hydrogen) atoms. The molecular formula is C15H16N4S. The van der Waals surface area contributed by atoms with Gasteiger partial charge in [0.2, 0.25) is 0 Å². The van der Waals surface area contributed by atoms with E-state index in [2.05, 4.69) is 27.4 Å². The number of rotatable bonds is 5. The molecule has 1 aromatic carbocycles. The van der Waals surface area contributed by atoms with Gasteiger partial charge >= 0.3 is 0 Å². The van der Waals surface area contributed by atoms with Crippen molar-refractivity contribution in [2.24, 2.45) is 0 Å². The van der Waals surface area contributed by atoms with Crippen LogP contribution in [0, 0.1) is 5.41 Å². The van der Waals surface area contributed by atoms with Crippen LogP contribution in [-0.4, -0.2) is 22.4 Å². The van der Waals surface area contributed by atoms with Crippen molar-refractivity contribution in [3.63, 3.8) is 0 Å². The maximum atomic E-state index is 7.58. The minimum atomic E-state index is 0.699. The molecule has 0 spiro atoms. The van der Waals surface area contributed by atoms with E-state index in [4.69, 9.17) is 5.41 Å². The molecule has 4 nitrogen and oxygen atoms in total. The SMILES string of the molecule is CSc1nccc(Nc2ccc(C3CC3)cc2C=N)n1. The van der Waals surface area contributed by atoms with Gasteiger partial charge in [0, 0.05) is 23.7 Å². The van der Waals surface area contributed by atoms with E-state index in [0.717, 1.165) is 22.2 Å². The predicted molar refractivity (Wildman–Crippen MR) is 83.4 cm³/mol. The Kier molecular flexibility index (Phi) is 3.69. The number of hydrogen-bond acceptors (Lipinski definition) is 5. The zero-order valence-electron chi connectivity index (χ0n) is 11.3. The molecule has 1 aliphatic rings. The molecule has 1 aromatic heterocycles. The average molecular weight is 284 g/mol. The van der Waals surface area contributed by atoms with Crippen LogP contribution in [0.4, 0.5) is 11.5 Å². The highest BCUT2D eigenvalue weighted by atomic mass is 32.2. The lowest BCUT2D eigenvalue weighted by atomic mass is 10.1. The second-order valence-corrected chi connectivity index (χ2v) is 5.59. The zero-order chi connectivity index (χ0) is 13.9. The van der Waals surface area contributed by atoms with Crippen LogP contribution in [0.25, 0.3) is 0 Å². The maximum absolute atomic E-state index is 7.58. The van der Waals surface area contributed by atoms with Crippen LogP contribution in [-0.2, 0) is 0 Å². The van der Waals surface area contributed by atoms with Crippen molar-refractivity contribution in [1.82, 2.24) is 9.97 Å². The van der Waals surface area contributed by atoms with Crippen molar-refractivity contribution in [3.05, 3.63) is 41.6 Å². The Bertz CT molecular complexity index is 638. The van der Waals surface area contributed by atoms with E-state index in [9.17, 15) is 0 Å². The normalized spacial score (nSPS) is 14.1. The van der Waals surface area contributed by atoms with Crippen molar-refractivity contribution in [1.29, 1.82) is 5.41 Å². The summed E-state index contributed by atoms with van der Waals surface area (Å²) in [4.78, 5) is 8.55. The van der Waals surface area contributed by atoms with Gasteiger partial charge in [-0.15, -0.1) is 0 Å². The summed E-state index contributed by atoms with van der Waals surface area (Å²) in [6.07, 6.45) is 7.63. The molecule has 0 saturated heterocycles. The van der Waals surface area contributed by atoms with E-state index >= 15 is 0 Å². The Balaban J connectivity index is 1.87. The molecule has 5 heteroatoms. The third kappa shape index (κ3) is 2.82. The van der Waals surface area contributed by atoms with E-state index in [1.165, 1.54) is 36.4 Å². The molecule has 2 aromatic rings. The van der Waals surface area contributed by atoms with Gasteiger partial charge in [0.05, 0.1) is 0 Å². The fourth-order valence-corrected chi connectivity index (χ4v) is 2.49. The topological polar surface area (TPSA) is 61.7 Å². The van der Waals surface area contributed by atoms with E-state index in [-0.39, 0.29) is 0 Å². The number of benzene rings is 1. The van der Waals surface area contributed by atoms with Gasteiger partial charge in [0.1, 0.15) is 5.82 Å². The number of nitrogens with zero attached hydrogens (tertiary/aromatic N) is 2. The summed E-state index contributed by atoms with van der Waals surface area (Å²) in [5, 5.41) is 11.6. The minimum Gasteiger partial charge on any atom is -0.340 e. The number of anilines is 2. The first-order valence-electron chi connectivity index (χ1n) is 6.58. The van der Waals surface area contributed by atoms with Crippen LogP contribution in [0.2, 0.25) is 0 Å². The summed E-state index contributed by atoms with van der Waals surface area (Å²) < 4.78 is 0. The molecule has 1 saturated carbocycles. The number of nitrogens with one attached hydrogen (secondary N) is 2. The number of aromatic nitrogens is 2. The first-order chi connectivity index (χ1) is 9.80. The fraction of sp³-hybridized carbons (Fsp3) is 0.267. The van der Waals surface area contributed by atoms with Gasteiger partial charge in [-0.1, -0.05) is 17.8 Å². The van der Waals surface area contributed by atoms with Gasteiger partial charge in [-0.05, 0) is 48.8 Å². The standard InChI is InChI=1S/C15H16N4S/c1-20-15-17-7-6-14(19-15)18-13-5-4-11(10-2-3-10)8-12(13)9-16/h4-10,16H,2-3H2,1H3,(H,17,18,19). The van der Waals surface area contributed by atoms with Crippen LogP contribution >= 0.6 is 11.8 Å². The Morgan fingerprint density at radius 1 is 1.35 bits per heavy atom. The Labute approximate surface area is 122 Å². The average Bonchev–Trinajstić information content (AvgIpc) is 3.32. The fourth-order valence-electron chi connectivity index (χ4n) is 2.13. The number of thioether (sulfide) groups is 1. The summed E-state index contributed by atoms with van der Waals surface area (Å²) in [7, 11) is 0. The monoisotopic (exact) mass is 284 g/mol. The molecule has 0 atom stereocenters. The van der Waals surface area contributed by atoms with Crippen LogP contribution in [0.3, 0.4) is 0 Å². The third-order valence-electron chi connectivity index (χ3n) is 3.36. The van der Waals surface area contributed by atoms with Crippen LogP contribution in [0.5, 0.6) is 0 Å². The third-order valence-corrected chi connectivity index (χ3v) is 3.92. The Morgan fingerprint density at radius 3 is 2.90 bits per heavy atom. The largest absolute Gasteiger partial charge is 0.340 e. The van der Waals surface area contributed by atoms with Gasteiger partial charge in [-0.2, -0.15) is 0 Å². The second kappa shape index (κ2) is 5.63. The van der Waals surface area contributed by atoms with Crippen LogP contribution < -0.4 is 5.32 Å². The number of hydrogen-bond donors (Lipinski definition) is 2. The summed E-state index contributed by atoms with van der Waals surface area (Å²) in [6, 6.07) is 8.12. The summed E-state index contributed by atoms with van der Waals surface area (Å²) in [5.41, 5.74) is 3.15. The van der Waals surface area contributed by atoms with Gasteiger partial charge < -0.3 is 10.7 Å². The van der Waals surface area contributed by atoms with Crippen molar-refractivity contribution >= 4 is 29.5 Å². The first kappa shape index (κ1) is 13.1. The molecule has 1 fully saturated rings. The maximum Gasteiger partial charge on any atom is 0.189 e. The van der Waals surface area contributed by atoms with Crippen molar-refractivity contribution < 1.29 is 0 Å². The highest BCUT2D eigenvalue weighted by Crippen LogP contribution is 2.41. The molecule has 0 bridgehead atoms. The molecule has 1 aliphatic carbocycles. The lowest BCUT2D eigenvalue weighted by molar-refractivity contribution is 0.975. The summed E-state index contributed by atoms with van der Waals surface area (Å²) in [6.45, 7) is 0. The molecule has 0 unspecified atom stereocenters. The molecule has 0 aliphatic heterocycles. The lowest BCUT2D eigenvalue weighted by Gasteiger charge is -2.10. The molecule has 0 radical (unpaired) electrons. The molecule has 2 N–H and O–H groups in total. The van der Waals surface area contributed by atoms with Crippen LogP contribution in [0.15, 0.2) is 35.6 Å².